The minimum absolute atomic E-state index is 0.0603. The molecule has 1 saturated heterocycles. The average molecular weight is 341 g/mol. The van der Waals surface area contributed by atoms with Crippen molar-refractivity contribution < 1.29 is 4.79 Å². The van der Waals surface area contributed by atoms with E-state index >= 15 is 0 Å². The number of carbonyl (C=O) groups is 1. The van der Waals surface area contributed by atoms with Crippen molar-refractivity contribution in [3.05, 3.63) is 41.9 Å². The van der Waals surface area contributed by atoms with E-state index in [0.717, 1.165) is 23.7 Å². The molecule has 0 bridgehead atoms. The molecule has 1 amide bonds. The molecule has 0 radical (unpaired) electrons. The molecule has 0 saturated carbocycles. The molecule has 8 nitrogen and oxygen atoms in total. The molecule has 9 heteroatoms. The quantitative estimate of drug-likeness (QED) is 0.776. The molecule has 0 aromatic carbocycles. The van der Waals surface area contributed by atoms with E-state index in [2.05, 4.69) is 25.4 Å². The first-order valence-corrected chi connectivity index (χ1v) is 8.34. The number of hydrogen-bond acceptors (Lipinski definition) is 7. The van der Waals surface area contributed by atoms with E-state index in [1.165, 1.54) is 17.7 Å². The zero-order valence-electron chi connectivity index (χ0n) is 13.0. The second kappa shape index (κ2) is 6.00. The van der Waals surface area contributed by atoms with Crippen molar-refractivity contribution in [2.24, 2.45) is 0 Å². The first kappa shape index (κ1) is 14.8. The summed E-state index contributed by atoms with van der Waals surface area (Å²) < 4.78 is 1.67. The number of thiazole rings is 1. The molecule has 0 aliphatic carbocycles. The van der Waals surface area contributed by atoms with Gasteiger partial charge in [0, 0.05) is 36.1 Å². The number of anilines is 2. The van der Waals surface area contributed by atoms with Crippen LogP contribution in [0, 0.1) is 6.92 Å². The first-order valence-electron chi connectivity index (χ1n) is 7.53. The lowest BCUT2D eigenvalue weighted by Gasteiger charge is -2.40. The van der Waals surface area contributed by atoms with Crippen LogP contribution < -0.4 is 10.2 Å². The average Bonchev–Trinajstić information content (AvgIpc) is 3.18. The highest BCUT2D eigenvalue weighted by Crippen LogP contribution is 2.27. The SMILES string of the molecule is Cc1cnc(NC(=O)C2CCN2c2cc(-n3cccn3)ncn2)s1. The van der Waals surface area contributed by atoms with Gasteiger partial charge in [-0.1, -0.05) is 0 Å². The van der Waals surface area contributed by atoms with Crippen LogP contribution in [0.5, 0.6) is 0 Å². The van der Waals surface area contributed by atoms with Crippen molar-refractivity contribution in [1.82, 2.24) is 24.7 Å². The summed E-state index contributed by atoms with van der Waals surface area (Å²) in [5.41, 5.74) is 0. The minimum Gasteiger partial charge on any atom is -0.344 e. The molecule has 1 fully saturated rings. The summed E-state index contributed by atoms with van der Waals surface area (Å²) in [5.74, 6) is 1.33. The number of nitrogens with one attached hydrogen (secondary N) is 1. The van der Waals surface area contributed by atoms with E-state index in [4.69, 9.17) is 0 Å². The monoisotopic (exact) mass is 341 g/mol. The number of hydrogen-bond donors (Lipinski definition) is 1. The van der Waals surface area contributed by atoms with Crippen LogP contribution >= 0.6 is 11.3 Å². The van der Waals surface area contributed by atoms with E-state index < -0.39 is 0 Å². The van der Waals surface area contributed by atoms with Gasteiger partial charge in [0.2, 0.25) is 5.91 Å². The van der Waals surface area contributed by atoms with E-state index in [-0.39, 0.29) is 11.9 Å². The van der Waals surface area contributed by atoms with Gasteiger partial charge in [0.15, 0.2) is 10.9 Å². The molecular formula is C15H15N7OS. The molecule has 24 heavy (non-hydrogen) atoms. The van der Waals surface area contributed by atoms with E-state index in [1.54, 1.807) is 17.1 Å². The molecule has 1 N–H and O–H groups in total. The predicted molar refractivity (Wildman–Crippen MR) is 90.4 cm³/mol. The van der Waals surface area contributed by atoms with Gasteiger partial charge >= 0.3 is 0 Å². The Morgan fingerprint density at radius 3 is 2.88 bits per heavy atom. The molecule has 1 atom stereocenters. The van der Waals surface area contributed by atoms with Crippen molar-refractivity contribution >= 4 is 28.2 Å². The summed E-state index contributed by atoms with van der Waals surface area (Å²) in [6.07, 6.45) is 7.54. The van der Waals surface area contributed by atoms with Gasteiger partial charge in [0.05, 0.1) is 0 Å². The second-order valence-corrected chi connectivity index (χ2v) is 6.68. The van der Waals surface area contributed by atoms with Gasteiger partial charge < -0.3 is 10.2 Å². The molecule has 3 aromatic heterocycles. The maximum absolute atomic E-state index is 12.5. The summed E-state index contributed by atoms with van der Waals surface area (Å²) in [4.78, 5) is 28.2. The van der Waals surface area contributed by atoms with Crippen LogP contribution in [0.2, 0.25) is 0 Å². The lowest BCUT2D eigenvalue weighted by atomic mass is 10.0. The third-order valence-corrected chi connectivity index (χ3v) is 4.67. The number of amides is 1. The number of nitrogens with zero attached hydrogens (tertiary/aromatic N) is 6. The van der Waals surface area contributed by atoms with Crippen LogP contribution in [0.1, 0.15) is 11.3 Å². The van der Waals surface area contributed by atoms with Crippen molar-refractivity contribution in [1.29, 1.82) is 0 Å². The molecule has 1 aliphatic heterocycles. The molecule has 4 heterocycles. The first-order chi connectivity index (χ1) is 11.7. The summed E-state index contributed by atoms with van der Waals surface area (Å²) in [7, 11) is 0. The highest BCUT2D eigenvalue weighted by Gasteiger charge is 2.35. The van der Waals surface area contributed by atoms with Crippen LogP contribution in [0.4, 0.5) is 10.9 Å². The van der Waals surface area contributed by atoms with Crippen molar-refractivity contribution in [3.8, 4) is 5.82 Å². The van der Waals surface area contributed by atoms with Crippen LogP contribution in [0.3, 0.4) is 0 Å². The van der Waals surface area contributed by atoms with Gasteiger partial charge in [0.25, 0.3) is 0 Å². The van der Waals surface area contributed by atoms with E-state index in [0.29, 0.717) is 10.9 Å². The number of aryl methyl sites for hydroxylation is 1. The highest BCUT2D eigenvalue weighted by molar-refractivity contribution is 7.15. The Hall–Kier alpha value is -2.81. The molecule has 3 aromatic rings. The van der Waals surface area contributed by atoms with Crippen LogP contribution in [-0.4, -0.2) is 43.2 Å². The lowest BCUT2D eigenvalue weighted by molar-refractivity contribution is -0.118. The summed E-state index contributed by atoms with van der Waals surface area (Å²) in [6.45, 7) is 2.74. The second-order valence-electron chi connectivity index (χ2n) is 5.45. The lowest BCUT2D eigenvalue weighted by Crippen LogP contribution is -2.55. The summed E-state index contributed by atoms with van der Waals surface area (Å²) in [6, 6.07) is 3.42. The Morgan fingerprint density at radius 1 is 1.33 bits per heavy atom. The standard InChI is InChI=1S/C15H15N7OS/c1-10-8-16-15(24-10)20-14(23)11-3-6-21(11)12-7-13(18-9-17-12)22-5-2-4-19-22/h2,4-5,7-9,11H,3,6H2,1H3,(H,16,20,23). The fourth-order valence-corrected chi connectivity index (χ4v) is 3.23. The maximum Gasteiger partial charge on any atom is 0.248 e. The topological polar surface area (TPSA) is 88.8 Å². The van der Waals surface area contributed by atoms with Gasteiger partial charge in [-0.15, -0.1) is 11.3 Å². The molecular weight excluding hydrogens is 326 g/mol. The van der Waals surface area contributed by atoms with E-state index in [1.807, 2.05) is 30.2 Å². The normalized spacial score (nSPS) is 16.7. The van der Waals surface area contributed by atoms with Crippen molar-refractivity contribution in [3.63, 3.8) is 0 Å². The Morgan fingerprint density at radius 2 is 2.21 bits per heavy atom. The largest absolute Gasteiger partial charge is 0.344 e. The molecule has 4 rings (SSSR count). The number of rotatable bonds is 4. The molecule has 1 unspecified atom stereocenters. The fourth-order valence-electron chi connectivity index (χ4n) is 2.56. The molecule has 1 aliphatic rings. The third kappa shape index (κ3) is 2.73. The molecule has 0 spiro atoms. The zero-order valence-corrected chi connectivity index (χ0v) is 13.8. The highest BCUT2D eigenvalue weighted by atomic mass is 32.1. The maximum atomic E-state index is 12.5. The van der Waals surface area contributed by atoms with Gasteiger partial charge in [-0.2, -0.15) is 5.10 Å². The van der Waals surface area contributed by atoms with Gasteiger partial charge in [-0.05, 0) is 19.4 Å². The third-order valence-electron chi connectivity index (χ3n) is 3.85. The Balaban J connectivity index is 1.50. The Bertz CT molecular complexity index is 860. The van der Waals surface area contributed by atoms with E-state index in [9.17, 15) is 4.79 Å². The molecule has 122 valence electrons. The van der Waals surface area contributed by atoms with Crippen molar-refractivity contribution in [2.75, 3.05) is 16.8 Å². The van der Waals surface area contributed by atoms with Crippen LogP contribution in [0.25, 0.3) is 5.82 Å². The van der Waals surface area contributed by atoms with Gasteiger partial charge in [-0.25, -0.2) is 19.6 Å². The fraction of sp³-hybridized carbons (Fsp3) is 0.267. The Kier molecular flexibility index (Phi) is 3.69. The smallest absolute Gasteiger partial charge is 0.248 e. The van der Waals surface area contributed by atoms with Gasteiger partial charge in [0.1, 0.15) is 18.2 Å². The predicted octanol–water partition coefficient (Wildman–Crippen LogP) is 1.64. The van der Waals surface area contributed by atoms with Crippen molar-refractivity contribution in [2.45, 2.75) is 19.4 Å². The number of aromatic nitrogens is 5. The zero-order chi connectivity index (χ0) is 16.5. The van der Waals surface area contributed by atoms with Crippen LogP contribution in [0.15, 0.2) is 37.1 Å². The van der Waals surface area contributed by atoms with Gasteiger partial charge in [-0.3, -0.25) is 4.79 Å². The Labute approximate surface area is 142 Å². The summed E-state index contributed by atoms with van der Waals surface area (Å²) in [5, 5.41) is 7.67. The minimum atomic E-state index is -0.241. The summed E-state index contributed by atoms with van der Waals surface area (Å²) >= 11 is 1.47. The number of carbonyl (C=O) groups excluding carboxylic acids is 1. The van der Waals surface area contributed by atoms with Crippen LogP contribution in [-0.2, 0) is 4.79 Å².